The van der Waals surface area contributed by atoms with Gasteiger partial charge in [-0.3, -0.25) is 10.1 Å². The van der Waals surface area contributed by atoms with Gasteiger partial charge in [0.2, 0.25) is 0 Å². The van der Waals surface area contributed by atoms with Crippen LogP contribution >= 0.6 is 11.3 Å². The molecule has 3 nitrogen and oxygen atoms in total. The molecule has 0 spiro atoms. The number of hydrogen-bond acceptors (Lipinski definition) is 3. The maximum Gasteiger partial charge on any atom is 0.285 e. The van der Waals surface area contributed by atoms with Gasteiger partial charge in [0.05, 0.1) is 15.9 Å². The molecule has 0 N–H and O–H groups in total. The molecule has 4 heteroatoms. The molecule has 0 atom stereocenters. The molecule has 6 aromatic rings. The highest BCUT2D eigenvalue weighted by molar-refractivity contribution is 7.25. The highest BCUT2D eigenvalue weighted by Gasteiger charge is 2.24. The SMILES string of the molecule is O=[N+]([O-])c1c(-c2ccc3c(c2)sc2ccccc23)c2ccccc2c2ccccc12. The molecule has 5 aromatic carbocycles. The summed E-state index contributed by atoms with van der Waals surface area (Å²) in [4.78, 5) is 12.0. The normalized spacial score (nSPS) is 11.6. The lowest BCUT2D eigenvalue weighted by Gasteiger charge is -2.12. The van der Waals surface area contributed by atoms with Crippen molar-refractivity contribution in [2.75, 3.05) is 0 Å². The highest BCUT2D eigenvalue weighted by atomic mass is 32.1. The number of rotatable bonds is 2. The molecular weight excluding hydrogens is 390 g/mol. The van der Waals surface area contributed by atoms with Gasteiger partial charge in [-0.05, 0) is 39.9 Å². The lowest BCUT2D eigenvalue weighted by atomic mass is 9.91. The van der Waals surface area contributed by atoms with E-state index in [1.807, 2.05) is 66.7 Å². The van der Waals surface area contributed by atoms with Crippen molar-refractivity contribution in [1.29, 1.82) is 0 Å². The van der Waals surface area contributed by atoms with Crippen LogP contribution in [-0.2, 0) is 0 Å². The van der Waals surface area contributed by atoms with Crippen molar-refractivity contribution in [3.63, 3.8) is 0 Å². The molecule has 0 saturated carbocycles. The van der Waals surface area contributed by atoms with Crippen LogP contribution in [0.25, 0.3) is 52.8 Å². The molecule has 6 rings (SSSR count). The summed E-state index contributed by atoms with van der Waals surface area (Å²) in [6.45, 7) is 0. The van der Waals surface area contributed by atoms with Crippen LogP contribution in [-0.4, -0.2) is 4.92 Å². The van der Waals surface area contributed by atoms with Crippen LogP contribution in [0.1, 0.15) is 0 Å². The molecule has 0 unspecified atom stereocenters. The van der Waals surface area contributed by atoms with Crippen LogP contribution in [0, 0.1) is 10.1 Å². The predicted molar refractivity (Wildman–Crippen MR) is 126 cm³/mol. The maximum atomic E-state index is 12.3. The van der Waals surface area contributed by atoms with Crippen molar-refractivity contribution in [1.82, 2.24) is 0 Å². The minimum absolute atomic E-state index is 0.171. The molecule has 0 amide bonds. The third-order valence-electron chi connectivity index (χ3n) is 5.76. The summed E-state index contributed by atoms with van der Waals surface area (Å²) in [5.74, 6) is 0. The second-order valence-electron chi connectivity index (χ2n) is 7.38. The van der Waals surface area contributed by atoms with Crippen molar-refractivity contribution in [2.45, 2.75) is 0 Å². The average molecular weight is 405 g/mol. The zero-order chi connectivity index (χ0) is 20.2. The number of hydrogen-bond donors (Lipinski definition) is 0. The molecule has 0 saturated heterocycles. The Labute approximate surface area is 176 Å². The van der Waals surface area contributed by atoms with E-state index >= 15 is 0 Å². The summed E-state index contributed by atoms with van der Waals surface area (Å²) in [5, 5.41) is 18.2. The number of fused-ring (bicyclic) bond motifs is 6. The summed E-state index contributed by atoms with van der Waals surface area (Å²) in [7, 11) is 0. The summed E-state index contributed by atoms with van der Waals surface area (Å²) in [5.41, 5.74) is 1.74. The molecule has 1 aromatic heterocycles. The maximum absolute atomic E-state index is 12.3. The Bertz CT molecular complexity index is 1630. The fourth-order valence-electron chi connectivity index (χ4n) is 4.49. The zero-order valence-corrected chi connectivity index (χ0v) is 16.6. The predicted octanol–water partition coefficient (Wildman–Crippen LogP) is 7.94. The summed E-state index contributed by atoms with van der Waals surface area (Å²) in [6, 6.07) is 30.1. The second kappa shape index (κ2) is 6.37. The molecule has 0 radical (unpaired) electrons. The number of benzene rings is 5. The van der Waals surface area contributed by atoms with Crippen molar-refractivity contribution < 1.29 is 4.92 Å². The van der Waals surface area contributed by atoms with Crippen molar-refractivity contribution in [2.24, 2.45) is 0 Å². The fraction of sp³-hybridized carbons (Fsp3) is 0. The van der Waals surface area contributed by atoms with E-state index in [2.05, 4.69) is 24.3 Å². The Morgan fingerprint density at radius 1 is 0.600 bits per heavy atom. The molecule has 30 heavy (non-hydrogen) atoms. The van der Waals surface area contributed by atoms with E-state index in [1.165, 1.54) is 15.5 Å². The third-order valence-corrected chi connectivity index (χ3v) is 6.89. The van der Waals surface area contributed by atoms with Gasteiger partial charge < -0.3 is 0 Å². The quantitative estimate of drug-likeness (QED) is 0.167. The van der Waals surface area contributed by atoms with E-state index < -0.39 is 0 Å². The van der Waals surface area contributed by atoms with Crippen LogP contribution in [0.4, 0.5) is 5.69 Å². The average Bonchev–Trinajstić information content (AvgIpc) is 3.15. The number of thiophene rings is 1. The molecule has 0 bridgehead atoms. The number of nitrogens with zero attached hydrogens (tertiary/aromatic N) is 1. The smallest absolute Gasteiger partial charge is 0.258 e. The molecule has 1 heterocycles. The van der Waals surface area contributed by atoms with Crippen LogP contribution in [0.3, 0.4) is 0 Å². The lowest BCUT2D eigenvalue weighted by molar-refractivity contribution is -0.382. The van der Waals surface area contributed by atoms with Gasteiger partial charge in [0.1, 0.15) is 0 Å². The molecule has 0 aliphatic carbocycles. The summed E-state index contributed by atoms with van der Waals surface area (Å²) in [6.07, 6.45) is 0. The van der Waals surface area contributed by atoms with E-state index in [0.717, 1.165) is 26.4 Å². The monoisotopic (exact) mass is 405 g/mol. The topological polar surface area (TPSA) is 43.1 Å². The molecule has 0 aliphatic heterocycles. The Balaban J connectivity index is 1.78. The van der Waals surface area contributed by atoms with Gasteiger partial charge in [0.15, 0.2) is 0 Å². The van der Waals surface area contributed by atoms with Gasteiger partial charge in [0.25, 0.3) is 5.69 Å². The first-order valence-electron chi connectivity index (χ1n) is 9.72. The minimum atomic E-state index is -0.237. The summed E-state index contributed by atoms with van der Waals surface area (Å²) >= 11 is 1.72. The third kappa shape index (κ3) is 2.38. The summed E-state index contributed by atoms with van der Waals surface area (Å²) < 4.78 is 2.36. The van der Waals surface area contributed by atoms with Crippen molar-refractivity contribution in [3.05, 3.63) is 101 Å². The molecule has 142 valence electrons. The first kappa shape index (κ1) is 17.1. The van der Waals surface area contributed by atoms with Gasteiger partial charge in [0, 0.05) is 20.2 Å². The van der Waals surface area contributed by atoms with E-state index in [-0.39, 0.29) is 10.6 Å². The van der Waals surface area contributed by atoms with Gasteiger partial charge in [-0.1, -0.05) is 72.8 Å². The van der Waals surface area contributed by atoms with E-state index in [1.54, 1.807) is 11.3 Å². The second-order valence-corrected chi connectivity index (χ2v) is 8.46. The van der Waals surface area contributed by atoms with E-state index in [0.29, 0.717) is 10.9 Å². The Hall–Kier alpha value is -3.76. The first-order valence-corrected chi connectivity index (χ1v) is 10.5. The Morgan fingerprint density at radius 3 is 1.90 bits per heavy atom. The fourth-order valence-corrected chi connectivity index (χ4v) is 5.63. The Kier molecular flexibility index (Phi) is 3.64. The largest absolute Gasteiger partial charge is 0.285 e. The van der Waals surface area contributed by atoms with Crippen LogP contribution in [0.5, 0.6) is 0 Å². The highest BCUT2D eigenvalue weighted by Crippen LogP contribution is 2.45. The van der Waals surface area contributed by atoms with Crippen LogP contribution < -0.4 is 0 Å². The van der Waals surface area contributed by atoms with Crippen molar-refractivity contribution in [3.8, 4) is 11.1 Å². The van der Waals surface area contributed by atoms with E-state index in [4.69, 9.17) is 0 Å². The van der Waals surface area contributed by atoms with Gasteiger partial charge in [-0.2, -0.15) is 0 Å². The van der Waals surface area contributed by atoms with Gasteiger partial charge in [-0.15, -0.1) is 11.3 Å². The first-order chi connectivity index (χ1) is 14.7. The van der Waals surface area contributed by atoms with Crippen LogP contribution in [0.2, 0.25) is 0 Å². The van der Waals surface area contributed by atoms with Gasteiger partial charge in [-0.25, -0.2) is 0 Å². The lowest BCUT2D eigenvalue weighted by Crippen LogP contribution is -1.96. The van der Waals surface area contributed by atoms with E-state index in [9.17, 15) is 10.1 Å². The molecular formula is C26H15NO2S. The number of nitro groups is 1. The minimum Gasteiger partial charge on any atom is -0.258 e. The van der Waals surface area contributed by atoms with Crippen LogP contribution in [0.15, 0.2) is 91.0 Å². The van der Waals surface area contributed by atoms with Crippen molar-refractivity contribution >= 4 is 58.7 Å². The van der Waals surface area contributed by atoms with Gasteiger partial charge >= 0.3 is 0 Å². The molecule has 0 aliphatic rings. The Morgan fingerprint density at radius 2 is 1.17 bits per heavy atom. The number of nitro benzene ring substituents is 1. The zero-order valence-electron chi connectivity index (χ0n) is 15.8. The standard InChI is InChI=1S/C26H15NO2S/c28-27(29)26-22-11-4-2-8-18(22)17-7-1-3-10-21(17)25(26)16-13-14-20-19-9-5-6-12-23(19)30-24(20)15-16/h1-15H. The molecule has 0 fully saturated rings.